The van der Waals surface area contributed by atoms with E-state index in [-0.39, 0.29) is 19.4 Å². The summed E-state index contributed by atoms with van der Waals surface area (Å²) in [6, 6.07) is 9.79. The van der Waals surface area contributed by atoms with E-state index in [1.165, 1.54) is 17.0 Å². The fraction of sp³-hybridized carbons (Fsp3) is 0.278. The monoisotopic (exact) mass is 366 g/mol. The third-order valence-corrected chi connectivity index (χ3v) is 3.93. The molecule has 3 rings (SSSR count). The molecule has 1 aliphatic heterocycles. The van der Waals surface area contributed by atoms with Gasteiger partial charge < -0.3 is 19.7 Å². The number of halogens is 3. The number of carbonyl (C=O) groups is 1. The highest BCUT2D eigenvalue weighted by Crippen LogP contribution is 2.32. The number of hydrogen-bond donors (Lipinski definition) is 1. The molecule has 0 saturated heterocycles. The molecule has 1 N–H and O–H groups in total. The minimum absolute atomic E-state index is 0.141. The molecule has 2 aromatic carbocycles. The van der Waals surface area contributed by atoms with E-state index >= 15 is 0 Å². The van der Waals surface area contributed by atoms with Crippen LogP contribution in [0.25, 0.3) is 0 Å². The van der Waals surface area contributed by atoms with Crippen LogP contribution in [0.15, 0.2) is 42.5 Å². The summed E-state index contributed by atoms with van der Waals surface area (Å²) in [6.45, 7) is 0.681. The van der Waals surface area contributed by atoms with E-state index in [1.54, 1.807) is 13.1 Å². The minimum atomic E-state index is -4.37. The zero-order valence-corrected chi connectivity index (χ0v) is 14.0. The number of rotatable bonds is 4. The van der Waals surface area contributed by atoms with Gasteiger partial charge in [0.05, 0.1) is 5.56 Å². The Labute approximate surface area is 148 Å². The lowest BCUT2D eigenvalue weighted by atomic mass is 10.1. The van der Waals surface area contributed by atoms with Crippen LogP contribution in [0.1, 0.15) is 16.7 Å². The van der Waals surface area contributed by atoms with E-state index < -0.39 is 11.7 Å². The van der Waals surface area contributed by atoms with E-state index in [9.17, 15) is 18.0 Å². The molecular weight excluding hydrogens is 349 g/mol. The third kappa shape index (κ3) is 4.19. The number of hydrogen-bond acceptors (Lipinski definition) is 3. The van der Waals surface area contributed by atoms with Gasteiger partial charge in [0.25, 0.3) is 0 Å². The number of alkyl halides is 3. The standard InChI is InChI=1S/C18H17F3N2O3/c1-23(10-13-4-7-15-16(8-13)26-11-25-15)17(24)22-9-12-2-5-14(6-3-12)18(19,20)21/h2-8H,9-11H2,1H3,(H,22,24). The Bertz CT molecular complexity index is 791. The molecule has 0 aliphatic carbocycles. The van der Waals surface area contributed by atoms with Crippen LogP contribution in [-0.2, 0) is 19.3 Å². The number of ether oxygens (including phenoxy) is 2. The second-order valence-corrected chi connectivity index (χ2v) is 5.90. The minimum Gasteiger partial charge on any atom is -0.454 e. The highest BCUT2D eigenvalue weighted by molar-refractivity contribution is 5.73. The maximum atomic E-state index is 12.5. The highest BCUT2D eigenvalue weighted by atomic mass is 19.4. The number of benzene rings is 2. The van der Waals surface area contributed by atoms with E-state index in [2.05, 4.69) is 5.32 Å². The Morgan fingerprint density at radius 2 is 1.73 bits per heavy atom. The van der Waals surface area contributed by atoms with Gasteiger partial charge in [-0.05, 0) is 35.4 Å². The lowest BCUT2D eigenvalue weighted by molar-refractivity contribution is -0.137. The van der Waals surface area contributed by atoms with Crippen molar-refractivity contribution in [1.29, 1.82) is 0 Å². The molecule has 1 heterocycles. The van der Waals surface area contributed by atoms with Crippen LogP contribution in [-0.4, -0.2) is 24.8 Å². The molecule has 0 radical (unpaired) electrons. The van der Waals surface area contributed by atoms with Crippen molar-refractivity contribution >= 4 is 6.03 Å². The van der Waals surface area contributed by atoms with Crippen molar-refractivity contribution in [2.24, 2.45) is 0 Å². The van der Waals surface area contributed by atoms with E-state index in [0.717, 1.165) is 17.7 Å². The summed E-state index contributed by atoms with van der Waals surface area (Å²) in [4.78, 5) is 13.6. The first-order chi connectivity index (χ1) is 12.3. The summed E-state index contributed by atoms with van der Waals surface area (Å²) in [5.41, 5.74) is 0.747. The maximum Gasteiger partial charge on any atom is 0.416 e. The Morgan fingerprint density at radius 3 is 2.42 bits per heavy atom. The normalized spacial score (nSPS) is 12.8. The van der Waals surface area contributed by atoms with Crippen molar-refractivity contribution < 1.29 is 27.4 Å². The largest absolute Gasteiger partial charge is 0.454 e. The zero-order valence-electron chi connectivity index (χ0n) is 14.0. The lowest BCUT2D eigenvalue weighted by Gasteiger charge is -2.18. The summed E-state index contributed by atoms with van der Waals surface area (Å²) in [6.07, 6.45) is -4.37. The molecule has 138 valence electrons. The molecule has 0 unspecified atom stereocenters. The van der Waals surface area contributed by atoms with Crippen LogP contribution < -0.4 is 14.8 Å². The van der Waals surface area contributed by atoms with Crippen LogP contribution in [0.3, 0.4) is 0 Å². The van der Waals surface area contributed by atoms with E-state index in [1.807, 2.05) is 12.1 Å². The molecule has 8 heteroatoms. The Morgan fingerprint density at radius 1 is 1.08 bits per heavy atom. The first-order valence-electron chi connectivity index (χ1n) is 7.86. The molecule has 0 spiro atoms. The number of nitrogens with zero attached hydrogens (tertiary/aromatic N) is 1. The summed E-state index contributed by atoms with van der Waals surface area (Å²) >= 11 is 0. The van der Waals surface area contributed by atoms with Crippen molar-refractivity contribution in [3.05, 3.63) is 59.2 Å². The molecule has 0 bridgehead atoms. The van der Waals surface area contributed by atoms with Gasteiger partial charge in [-0.25, -0.2) is 4.79 Å². The molecule has 2 aromatic rings. The molecule has 0 aromatic heterocycles. The van der Waals surface area contributed by atoms with Gasteiger partial charge in [0.15, 0.2) is 11.5 Å². The fourth-order valence-corrected chi connectivity index (χ4v) is 2.51. The van der Waals surface area contributed by atoms with Gasteiger partial charge in [0.2, 0.25) is 6.79 Å². The summed E-state index contributed by atoms with van der Waals surface area (Å²) < 4.78 is 48.1. The molecule has 2 amide bonds. The first-order valence-corrected chi connectivity index (χ1v) is 7.86. The molecule has 1 aliphatic rings. The SMILES string of the molecule is CN(Cc1ccc2c(c1)OCO2)C(=O)NCc1ccc(C(F)(F)F)cc1. The smallest absolute Gasteiger partial charge is 0.416 e. The van der Waals surface area contributed by atoms with Crippen molar-refractivity contribution in [2.75, 3.05) is 13.8 Å². The van der Waals surface area contributed by atoms with Gasteiger partial charge in [0.1, 0.15) is 0 Å². The third-order valence-electron chi connectivity index (χ3n) is 3.93. The molecule has 26 heavy (non-hydrogen) atoms. The van der Waals surface area contributed by atoms with Gasteiger partial charge in [-0.3, -0.25) is 0 Å². The number of amides is 2. The van der Waals surface area contributed by atoms with Crippen molar-refractivity contribution in [3.63, 3.8) is 0 Å². The summed E-state index contributed by atoms with van der Waals surface area (Å²) in [5, 5.41) is 2.68. The van der Waals surface area contributed by atoms with Gasteiger partial charge in [-0.2, -0.15) is 13.2 Å². The predicted octanol–water partition coefficient (Wildman–Crippen LogP) is 3.78. The van der Waals surface area contributed by atoms with Gasteiger partial charge in [-0.15, -0.1) is 0 Å². The second-order valence-electron chi connectivity index (χ2n) is 5.90. The van der Waals surface area contributed by atoms with Gasteiger partial charge in [-0.1, -0.05) is 18.2 Å². The van der Waals surface area contributed by atoms with Crippen LogP contribution in [0.5, 0.6) is 11.5 Å². The van der Waals surface area contributed by atoms with Crippen LogP contribution in [0.2, 0.25) is 0 Å². The number of nitrogens with one attached hydrogen (secondary N) is 1. The Balaban J connectivity index is 1.53. The van der Waals surface area contributed by atoms with E-state index in [0.29, 0.717) is 23.6 Å². The number of carbonyl (C=O) groups excluding carboxylic acids is 1. The van der Waals surface area contributed by atoms with Crippen LogP contribution in [0, 0.1) is 0 Å². The summed E-state index contributed by atoms with van der Waals surface area (Å²) in [7, 11) is 1.63. The van der Waals surface area contributed by atoms with Gasteiger partial charge >= 0.3 is 12.2 Å². The average Bonchev–Trinajstić information content (AvgIpc) is 3.07. The molecule has 0 saturated carbocycles. The molecule has 0 atom stereocenters. The zero-order chi connectivity index (χ0) is 18.7. The number of urea groups is 1. The second kappa shape index (κ2) is 7.15. The van der Waals surface area contributed by atoms with Crippen LogP contribution >= 0.6 is 0 Å². The quantitative estimate of drug-likeness (QED) is 0.896. The number of fused-ring (bicyclic) bond motifs is 1. The topological polar surface area (TPSA) is 50.8 Å². The summed E-state index contributed by atoms with van der Waals surface area (Å²) in [5.74, 6) is 1.31. The molecule has 5 nitrogen and oxygen atoms in total. The van der Waals surface area contributed by atoms with Crippen molar-refractivity contribution in [3.8, 4) is 11.5 Å². The highest BCUT2D eigenvalue weighted by Gasteiger charge is 2.29. The molecule has 0 fully saturated rings. The average molecular weight is 366 g/mol. The predicted molar refractivity (Wildman–Crippen MR) is 87.7 cm³/mol. The Hall–Kier alpha value is -2.90. The van der Waals surface area contributed by atoms with Crippen LogP contribution in [0.4, 0.5) is 18.0 Å². The maximum absolute atomic E-state index is 12.5. The van der Waals surface area contributed by atoms with Crippen molar-refractivity contribution in [2.45, 2.75) is 19.3 Å². The lowest BCUT2D eigenvalue weighted by Crippen LogP contribution is -2.36. The molecular formula is C18H17F3N2O3. The van der Waals surface area contributed by atoms with Crippen molar-refractivity contribution in [1.82, 2.24) is 10.2 Å². The van der Waals surface area contributed by atoms with E-state index in [4.69, 9.17) is 9.47 Å². The fourth-order valence-electron chi connectivity index (χ4n) is 2.51. The van der Waals surface area contributed by atoms with Gasteiger partial charge in [0, 0.05) is 20.1 Å². The Kier molecular flexibility index (Phi) is 4.92. The first kappa shape index (κ1) is 17.9.